The van der Waals surface area contributed by atoms with E-state index in [1.165, 1.54) is 24.3 Å². The van der Waals surface area contributed by atoms with Crippen LogP contribution in [0.15, 0.2) is 47.7 Å². The molecule has 0 aromatic heterocycles. The molecule has 114 valence electrons. The van der Waals surface area contributed by atoms with Crippen molar-refractivity contribution in [3.63, 3.8) is 0 Å². The molecule has 1 aromatic rings. The van der Waals surface area contributed by atoms with Crippen molar-refractivity contribution in [2.24, 2.45) is 0 Å². The predicted molar refractivity (Wildman–Crippen MR) is 84.7 cm³/mol. The van der Waals surface area contributed by atoms with Crippen molar-refractivity contribution in [3.8, 4) is 17.6 Å². The number of hydrogen-bond acceptors (Lipinski definition) is 4. The molecule has 0 saturated heterocycles. The quantitative estimate of drug-likeness (QED) is 0.337. The van der Waals surface area contributed by atoms with Gasteiger partial charge < -0.3 is 15.5 Å². The van der Waals surface area contributed by atoms with Crippen molar-refractivity contribution in [3.05, 3.63) is 53.3 Å². The number of nitriles is 1. The highest BCUT2D eigenvalue weighted by molar-refractivity contribution is 6.02. The average Bonchev–Trinajstić information content (AvgIpc) is 2.48. The van der Waals surface area contributed by atoms with E-state index in [9.17, 15) is 15.0 Å². The van der Waals surface area contributed by atoms with Crippen molar-refractivity contribution in [2.75, 3.05) is 0 Å². The van der Waals surface area contributed by atoms with Crippen LogP contribution in [-0.4, -0.2) is 16.1 Å². The highest BCUT2D eigenvalue weighted by Gasteiger charge is 2.10. The van der Waals surface area contributed by atoms with Crippen LogP contribution < -0.4 is 5.32 Å². The molecule has 0 aliphatic heterocycles. The Bertz CT molecular complexity index is 680. The second kappa shape index (κ2) is 8.32. The Kier molecular flexibility index (Phi) is 6.45. The molecule has 1 amide bonds. The van der Waals surface area contributed by atoms with E-state index in [1.807, 2.05) is 26.0 Å². The smallest absolute Gasteiger partial charge is 0.266 e. The van der Waals surface area contributed by atoms with Gasteiger partial charge in [0, 0.05) is 5.70 Å². The van der Waals surface area contributed by atoms with Gasteiger partial charge in [-0.05, 0) is 43.2 Å². The fourth-order valence-electron chi connectivity index (χ4n) is 1.70. The third-order valence-corrected chi connectivity index (χ3v) is 2.70. The molecule has 3 N–H and O–H groups in total. The molecule has 0 saturated carbocycles. The topological polar surface area (TPSA) is 93.4 Å². The van der Waals surface area contributed by atoms with E-state index in [0.717, 1.165) is 6.42 Å². The van der Waals surface area contributed by atoms with E-state index in [-0.39, 0.29) is 17.1 Å². The Labute approximate surface area is 129 Å². The first-order valence-electron chi connectivity index (χ1n) is 6.79. The van der Waals surface area contributed by atoms with E-state index in [0.29, 0.717) is 11.3 Å². The minimum atomic E-state index is -0.534. The summed E-state index contributed by atoms with van der Waals surface area (Å²) >= 11 is 0. The van der Waals surface area contributed by atoms with Crippen LogP contribution in [0.4, 0.5) is 0 Å². The molecule has 0 bridgehead atoms. The number of aromatic hydroxyl groups is 2. The third kappa shape index (κ3) is 4.84. The first-order chi connectivity index (χ1) is 10.5. The highest BCUT2D eigenvalue weighted by atomic mass is 16.3. The lowest BCUT2D eigenvalue weighted by atomic mass is 10.1. The van der Waals surface area contributed by atoms with Gasteiger partial charge in [0.15, 0.2) is 11.5 Å². The maximum Gasteiger partial charge on any atom is 0.266 e. The predicted octanol–water partition coefficient (Wildman–Crippen LogP) is 2.99. The number of nitrogens with zero attached hydrogens (tertiary/aromatic N) is 1. The van der Waals surface area contributed by atoms with Crippen LogP contribution in [0.5, 0.6) is 11.5 Å². The van der Waals surface area contributed by atoms with Crippen molar-refractivity contribution in [2.45, 2.75) is 20.3 Å². The number of amides is 1. The molecule has 0 spiro atoms. The lowest BCUT2D eigenvalue weighted by molar-refractivity contribution is -0.116. The number of phenolic OH excluding ortho intramolecular Hbond substituents is 2. The van der Waals surface area contributed by atoms with E-state index < -0.39 is 5.91 Å². The van der Waals surface area contributed by atoms with Crippen LogP contribution in [0.25, 0.3) is 6.08 Å². The Morgan fingerprint density at radius 3 is 2.64 bits per heavy atom. The van der Waals surface area contributed by atoms with Gasteiger partial charge in [-0.3, -0.25) is 4.79 Å². The number of hydrogen-bond donors (Lipinski definition) is 3. The molecule has 1 aromatic carbocycles. The second-order valence-corrected chi connectivity index (χ2v) is 4.44. The lowest BCUT2D eigenvalue weighted by Gasteiger charge is -2.05. The molecule has 0 radical (unpaired) electrons. The van der Waals surface area contributed by atoms with E-state index in [2.05, 4.69) is 5.32 Å². The molecule has 0 heterocycles. The molecule has 0 aliphatic rings. The summed E-state index contributed by atoms with van der Waals surface area (Å²) < 4.78 is 0. The summed E-state index contributed by atoms with van der Waals surface area (Å²) in [5.74, 6) is -1.11. The molecular weight excluding hydrogens is 280 g/mol. The Morgan fingerprint density at radius 1 is 1.36 bits per heavy atom. The van der Waals surface area contributed by atoms with Gasteiger partial charge in [0.25, 0.3) is 5.91 Å². The fourth-order valence-corrected chi connectivity index (χ4v) is 1.70. The van der Waals surface area contributed by atoms with Crippen molar-refractivity contribution >= 4 is 12.0 Å². The number of allylic oxidation sites excluding steroid dienone is 3. The summed E-state index contributed by atoms with van der Waals surface area (Å²) in [5, 5.41) is 30.5. The zero-order valence-electron chi connectivity index (χ0n) is 12.5. The summed E-state index contributed by atoms with van der Waals surface area (Å²) in [6, 6.07) is 5.88. The largest absolute Gasteiger partial charge is 0.504 e. The van der Waals surface area contributed by atoms with Crippen LogP contribution in [0.2, 0.25) is 0 Å². The summed E-state index contributed by atoms with van der Waals surface area (Å²) in [5.41, 5.74) is 0.954. The van der Waals surface area contributed by atoms with Crippen molar-refractivity contribution in [1.29, 1.82) is 5.26 Å². The van der Waals surface area contributed by atoms with Gasteiger partial charge in [0.05, 0.1) is 0 Å². The van der Waals surface area contributed by atoms with Gasteiger partial charge in [-0.15, -0.1) is 0 Å². The normalized spacial score (nSPS) is 12.2. The summed E-state index contributed by atoms with van der Waals surface area (Å²) in [6.07, 6.45) is 7.45. The van der Waals surface area contributed by atoms with Crippen LogP contribution in [0.3, 0.4) is 0 Å². The molecule has 0 unspecified atom stereocenters. The summed E-state index contributed by atoms with van der Waals surface area (Å²) in [6.45, 7) is 3.77. The lowest BCUT2D eigenvalue weighted by Crippen LogP contribution is -2.23. The van der Waals surface area contributed by atoms with Gasteiger partial charge in [0.1, 0.15) is 11.6 Å². The van der Waals surface area contributed by atoms with Gasteiger partial charge in [-0.1, -0.05) is 25.1 Å². The Balaban J connectivity index is 3.02. The zero-order valence-corrected chi connectivity index (χ0v) is 12.5. The molecular formula is C17H18N2O3. The minimum Gasteiger partial charge on any atom is -0.504 e. The van der Waals surface area contributed by atoms with Crippen molar-refractivity contribution < 1.29 is 15.0 Å². The van der Waals surface area contributed by atoms with E-state index in [4.69, 9.17) is 5.26 Å². The maximum absolute atomic E-state index is 12.1. The Morgan fingerprint density at radius 2 is 2.09 bits per heavy atom. The Hall–Kier alpha value is -3.00. The maximum atomic E-state index is 12.1. The number of benzene rings is 1. The van der Waals surface area contributed by atoms with E-state index in [1.54, 1.807) is 12.2 Å². The number of phenols is 2. The van der Waals surface area contributed by atoms with Crippen LogP contribution in [0.1, 0.15) is 25.8 Å². The zero-order chi connectivity index (χ0) is 16.5. The summed E-state index contributed by atoms with van der Waals surface area (Å²) in [7, 11) is 0. The van der Waals surface area contributed by atoms with E-state index >= 15 is 0 Å². The highest BCUT2D eigenvalue weighted by Crippen LogP contribution is 2.25. The molecule has 1 rings (SSSR count). The fraction of sp³-hybridized carbons (Fsp3) is 0.176. The molecule has 0 atom stereocenters. The minimum absolute atomic E-state index is 0.100. The second-order valence-electron chi connectivity index (χ2n) is 4.44. The number of carbonyl (C=O) groups excluding carboxylic acids is 1. The monoisotopic (exact) mass is 298 g/mol. The molecule has 22 heavy (non-hydrogen) atoms. The van der Waals surface area contributed by atoms with Gasteiger partial charge in [-0.2, -0.15) is 5.26 Å². The van der Waals surface area contributed by atoms with Crippen LogP contribution in [-0.2, 0) is 4.79 Å². The number of rotatable bonds is 5. The third-order valence-electron chi connectivity index (χ3n) is 2.70. The first-order valence-corrected chi connectivity index (χ1v) is 6.79. The van der Waals surface area contributed by atoms with Crippen molar-refractivity contribution in [1.82, 2.24) is 5.32 Å². The molecule has 0 fully saturated rings. The first kappa shape index (κ1) is 17.1. The van der Waals surface area contributed by atoms with Gasteiger partial charge in [0.2, 0.25) is 0 Å². The summed E-state index contributed by atoms with van der Waals surface area (Å²) in [4.78, 5) is 12.1. The van der Waals surface area contributed by atoms with Crippen LogP contribution >= 0.6 is 0 Å². The molecule has 5 nitrogen and oxygen atoms in total. The average molecular weight is 298 g/mol. The SMILES string of the molecule is C/C=C\C(=C/CC)NC(=O)/C(C#N)=C/c1ccc(O)c(O)c1. The number of carbonyl (C=O) groups is 1. The molecule has 0 aliphatic carbocycles. The van der Waals surface area contributed by atoms with Gasteiger partial charge in [-0.25, -0.2) is 0 Å². The van der Waals surface area contributed by atoms with Crippen LogP contribution in [0, 0.1) is 11.3 Å². The van der Waals surface area contributed by atoms with Gasteiger partial charge >= 0.3 is 0 Å². The standard InChI is InChI=1S/C17H18N2O3/c1-3-5-14(6-4-2)19-17(22)13(11-18)9-12-7-8-15(20)16(21)10-12/h3,5-10,20-21H,4H2,1-2H3,(H,19,22)/b5-3-,13-9+,14-6+. The number of nitrogens with one attached hydrogen (secondary N) is 1. The molecule has 5 heteroatoms.